The Balaban J connectivity index is 1.94. The number of nitrogens with zero attached hydrogens (tertiary/aromatic N) is 1. The number of hydrogen-bond acceptors (Lipinski definition) is 4. The zero-order chi connectivity index (χ0) is 17.5. The smallest absolute Gasteiger partial charge is 0.234 e. The predicted molar refractivity (Wildman–Crippen MR) is 99.4 cm³/mol. The van der Waals surface area contributed by atoms with Gasteiger partial charge in [0.2, 0.25) is 5.91 Å². The van der Waals surface area contributed by atoms with Gasteiger partial charge < -0.3 is 10.1 Å². The average Bonchev–Trinajstić information content (AvgIpc) is 3.05. The van der Waals surface area contributed by atoms with Gasteiger partial charge in [0.25, 0.3) is 0 Å². The first-order valence-corrected chi connectivity index (χ1v) is 9.06. The molecule has 1 amide bonds. The minimum Gasteiger partial charge on any atom is -0.497 e. The number of thiophene rings is 1. The molecule has 24 heavy (non-hydrogen) atoms. The van der Waals surface area contributed by atoms with Crippen LogP contribution in [0.3, 0.4) is 0 Å². The van der Waals surface area contributed by atoms with Crippen LogP contribution < -0.4 is 10.1 Å². The summed E-state index contributed by atoms with van der Waals surface area (Å²) in [6, 6.07) is 9.97. The second kappa shape index (κ2) is 8.85. The Morgan fingerprint density at radius 1 is 1.25 bits per heavy atom. The monoisotopic (exact) mass is 346 g/mol. The van der Waals surface area contributed by atoms with E-state index in [9.17, 15) is 4.79 Å². The molecule has 0 fully saturated rings. The second-order valence-corrected chi connectivity index (χ2v) is 7.15. The van der Waals surface area contributed by atoms with E-state index >= 15 is 0 Å². The fourth-order valence-corrected chi connectivity index (χ4v) is 3.32. The highest BCUT2D eigenvalue weighted by Gasteiger charge is 2.19. The standard InChI is InChI=1S/C19H26N2O2S/c1-14(2)19(16-5-7-17(23-4)8-6-16)20-18(22)12-21(3)11-15-9-10-24-13-15/h5-10,13-14,19H,11-12H2,1-4H3,(H,20,22)/t19-/m1/s1. The van der Waals surface area contributed by atoms with Crippen LogP contribution in [0.1, 0.15) is 31.0 Å². The number of amides is 1. The lowest BCUT2D eigenvalue weighted by molar-refractivity contribution is -0.123. The zero-order valence-electron chi connectivity index (χ0n) is 14.8. The molecule has 0 unspecified atom stereocenters. The van der Waals surface area contributed by atoms with E-state index in [1.54, 1.807) is 18.4 Å². The van der Waals surface area contributed by atoms with Gasteiger partial charge in [0.15, 0.2) is 0 Å². The highest BCUT2D eigenvalue weighted by molar-refractivity contribution is 7.07. The van der Waals surface area contributed by atoms with Gasteiger partial charge in [-0.3, -0.25) is 9.69 Å². The molecule has 1 heterocycles. The highest BCUT2D eigenvalue weighted by atomic mass is 32.1. The first-order valence-electron chi connectivity index (χ1n) is 8.12. The third-order valence-electron chi connectivity index (χ3n) is 3.90. The predicted octanol–water partition coefficient (Wildman–Crippen LogP) is 3.70. The molecule has 0 aliphatic rings. The van der Waals surface area contributed by atoms with Crippen molar-refractivity contribution in [1.82, 2.24) is 10.2 Å². The van der Waals surface area contributed by atoms with Gasteiger partial charge in [-0.2, -0.15) is 11.3 Å². The van der Waals surface area contributed by atoms with Crippen LogP contribution in [0.15, 0.2) is 41.1 Å². The molecule has 0 bridgehead atoms. The molecule has 0 aliphatic carbocycles. The van der Waals surface area contributed by atoms with E-state index in [-0.39, 0.29) is 11.9 Å². The van der Waals surface area contributed by atoms with Gasteiger partial charge in [-0.1, -0.05) is 26.0 Å². The summed E-state index contributed by atoms with van der Waals surface area (Å²) in [5.41, 5.74) is 2.34. The Labute approximate surface area is 148 Å². The maximum atomic E-state index is 12.4. The lowest BCUT2D eigenvalue weighted by Crippen LogP contribution is -2.38. The summed E-state index contributed by atoms with van der Waals surface area (Å²) in [4.78, 5) is 14.4. The van der Waals surface area contributed by atoms with Gasteiger partial charge in [-0.15, -0.1) is 0 Å². The normalized spacial score (nSPS) is 12.4. The summed E-state index contributed by atoms with van der Waals surface area (Å²) in [6.45, 7) is 5.40. The average molecular weight is 346 g/mol. The molecule has 4 nitrogen and oxygen atoms in total. The Morgan fingerprint density at radius 3 is 2.50 bits per heavy atom. The highest BCUT2D eigenvalue weighted by Crippen LogP contribution is 2.23. The molecule has 0 spiro atoms. The summed E-state index contributed by atoms with van der Waals surface area (Å²) in [7, 11) is 3.62. The summed E-state index contributed by atoms with van der Waals surface area (Å²) in [5, 5.41) is 7.33. The maximum absolute atomic E-state index is 12.4. The Morgan fingerprint density at radius 2 is 1.96 bits per heavy atom. The van der Waals surface area contributed by atoms with Crippen molar-refractivity contribution in [3.63, 3.8) is 0 Å². The minimum absolute atomic E-state index is 0.00189. The second-order valence-electron chi connectivity index (χ2n) is 6.37. The van der Waals surface area contributed by atoms with E-state index in [0.29, 0.717) is 12.5 Å². The fraction of sp³-hybridized carbons (Fsp3) is 0.421. The summed E-state index contributed by atoms with van der Waals surface area (Å²) >= 11 is 1.68. The molecule has 0 radical (unpaired) electrons. The van der Waals surface area contributed by atoms with Gasteiger partial charge in [-0.25, -0.2) is 0 Å². The molecule has 130 valence electrons. The molecule has 2 rings (SSSR count). The van der Waals surface area contributed by atoms with Gasteiger partial charge in [0.05, 0.1) is 19.7 Å². The Bertz CT molecular complexity index is 623. The number of carbonyl (C=O) groups is 1. The van der Waals surface area contributed by atoms with Crippen molar-refractivity contribution in [3.05, 3.63) is 52.2 Å². The lowest BCUT2D eigenvalue weighted by atomic mass is 9.96. The fourth-order valence-electron chi connectivity index (χ4n) is 2.66. The quantitative estimate of drug-likeness (QED) is 0.792. The summed E-state index contributed by atoms with van der Waals surface area (Å²) < 4.78 is 5.20. The van der Waals surface area contributed by atoms with Crippen molar-refractivity contribution >= 4 is 17.2 Å². The lowest BCUT2D eigenvalue weighted by Gasteiger charge is -2.25. The molecule has 0 saturated heterocycles. The molecule has 0 aliphatic heterocycles. The van der Waals surface area contributed by atoms with Crippen LogP contribution in [0.25, 0.3) is 0 Å². The van der Waals surface area contributed by atoms with Crippen molar-refractivity contribution in [1.29, 1.82) is 0 Å². The number of rotatable bonds is 8. The van der Waals surface area contributed by atoms with E-state index in [4.69, 9.17) is 4.74 Å². The molecule has 1 aromatic carbocycles. The van der Waals surface area contributed by atoms with Gasteiger partial charge in [0, 0.05) is 6.54 Å². The largest absolute Gasteiger partial charge is 0.497 e. The molecule has 0 saturated carbocycles. The third kappa shape index (κ3) is 5.35. The van der Waals surface area contributed by atoms with Crippen LogP contribution >= 0.6 is 11.3 Å². The number of hydrogen-bond donors (Lipinski definition) is 1. The van der Waals surface area contributed by atoms with Crippen molar-refractivity contribution in [2.45, 2.75) is 26.4 Å². The first-order chi connectivity index (χ1) is 11.5. The van der Waals surface area contributed by atoms with Crippen LogP contribution in [-0.2, 0) is 11.3 Å². The van der Waals surface area contributed by atoms with Crippen LogP contribution in [0.5, 0.6) is 5.75 Å². The number of ether oxygens (including phenoxy) is 1. The van der Waals surface area contributed by atoms with Crippen LogP contribution in [0, 0.1) is 5.92 Å². The van der Waals surface area contributed by atoms with Crippen molar-refractivity contribution < 1.29 is 9.53 Å². The molecule has 1 aromatic heterocycles. The number of benzene rings is 1. The van der Waals surface area contributed by atoms with Crippen LogP contribution in [0.2, 0.25) is 0 Å². The molecule has 1 N–H and O–H groups in total. The van der Waals surface area contributed by atoms with E-state index in [1.165, 1.54) is 5.56 Å². The van der Waals surface area contributed by atoms with Gasteiger partial charge in [0.1, 0.15) is 5.75 Å². The molecular weight excluding hydrogens is 320 g/mol. The molecule has 5 heteroatoms. The Hall–Kier alpha value is -1.85. The van der Waals surface area contributed by atoms with Crippen LogP contribution in [0.4, 0.5) is 0 Å². The first kappa shape index (κ1) is 18.5. The van der Waals surface area contributed by atoms with Crippen molar-refractivity contribution in [3.8, 4) is 5.75 Å². The van der Waals surface area contributed by atoms with Gasteiger partial charge in [-0.05, 0) is 53.1 Å². The Kier molecular flexibility index (Phi) is 6.82. The summed E-state index contributed by atoms with van der Waals surface area (Å²) in [6.07, 6.45) is 0. The topological polar surface area (TPSA) is 41.6 Å². The number of likely N-dealkylation sites (N-methyl/N-ethyl adjacent to an activating group) is 1. The zero-order valence-corrected chi connectivity index (χ0v) is 15.6. The third-order valence-corrected chi connectivity index (χ3v) is 4.64. The summed E-state index contributed by atoms with van der Waals surface area (Å²) in [5.74, 6) is 1.18. The maximum Gasteiger partial charge on any atom is 0.234 e. The minimum atomic E-state index is -0.00189. The van der Waals surface area contributed by atoms with Crippen molar-refractivity contribution in [2.75, 3.05) is 20.7 Å². The van der Waals surface area contributed by atoms with Gasteiger partial charge >= 0.3 is 0 Å². The number of nitrogens with one attached hydrogen (secondary N) is 1. The molecular formula is C19H26N2O2S. The van der Waals surface area contributed by atoms with E-state index < -0.39 is 0 Å². The van der Waals surface area contributed by atoms with Crippen molar-refractivity contribution in [2.24, 2.45) is 5.92 Å². The SMILES string of the molecule is COc1ccc([C@H](NC(=O)CN(C)Cc2ccsc2)C(C)C)cc1. The number of methoxy groups -OCH3 is 1. The van der Waals surface area contributed by atoms with E-state index in [0.717, 1.165) is 17.9 Å². The van der Waals surface area contributed by atoms with E-state index in [1.807, 2.05) is 36.2 Å². The number of carbonyl (C=O) groups excluding carboxylic acids is 1. The molecule has 2 aromatic rings. The van der Waals surface area contributed by atoms with Crippen LogP contribution in [-0.4, -0.2) is 31.5 Å². The molecule has 1 atom stereocenters. The van der Waals surface area contributed by atoms with E-state index in [2.05, 4.69) is 36.0 Å².